The molecule has 1 saturated heterocycles. The summed E-state index contributed by atoms with van der Waals surface area (Å²) >= 11 is 0. The average molecular weight is 550 g/mol. The number of rotatable bonds is 6. The fraction of sp³-hybridized carbons (Fsp3) is 0.214. The number of fused-ring (bicyclic) bond motifs is 3. The summed E-state index contributed by atoms with van der Waals surface area (Å²) in [4.78, 5) is 25.8. The third kappa shape index (κ3) is 4.40. The van der Waals surface area contributed by atoms with E-state index in [9.17, 15) is 4.39 Å². The summed E-state index contributed by atoms with van der Waals surface area (Å²) in [7, 11) is 0. The third-order valence-electron chi connectivity index (χ3n) is 7.32. The number of piperazine rings is 1. The van der Waals surface area contributed by atoms with E-state index in [0.29, 0.717) is 71.8 Å². The molecule has 1 aliphatic heterocycles. The minimum absolute atomic E-state index is 0.181. The molecule has 2 N–H and O–H groups in total. The van der Waals surface area contributed by atoms with Crippen LogP contribution in [-0.4, -0.2) is 71.7 Å². The van der Waals surface area contributed by atoms with Gasteiger partial charge in [0.05, 0.1) is 23.8 Å². The molecule has 0 unspecified atom stereocenters. The highest BCUT2D eigenvalue weighted by molar-refractivity contribution is 5.94. The second-order valence-electron chi connectivity index (χ2n) is 9.69. The maximum Gasteiger partial charge on any atom is 0.232 e. The molecule has 0 saturated carbocycles. The van der Waals surface area contributed by atoms with Crippen molar-refractivity contribution in [2.24, 2.45) is 0 Å². The van der Waals surface area contributed by atoms with Crippen LogP contribution in [0.3, 0.4) is 0 Å². The number of hydrogen-bond acceptors (Lipinski definition) is 9. The topological polar surface area (TPSA) is 124 Å². The maximum atomic E-state index is 14.7. The number of nitrogens with two attached hydrogens (primary N) is 1. The molecular weight excluding hydrogens is 525 g/mol. The molecule has 0 amide bonds. The van der Waals surface area contributed by atoms with Gasteiger partial charge >= 0.3 is 0 Å². The lowest BCUT2D eigenvalue weighted by molar-refractivity contribution is 0.249. The molecule has 13 heteroatoms. The first-order valence-electron chi connectivity index (χ1n) is 13.1. The molecular formula is C28H24FN11O. The van der Waals surface area contributed by atoms with E-state index < -0.39 is 0 Å². The molecule has 0 atom stereocenters. The van der Waals surface area contributed by atoms with Gasteiger partial charge in [0.25, 0.3) is 0 Å². The van der Waals surface area contributed by atoms with Gasteiger partial charge in [-0.15, -0.1) is 5.10 Å². The summed E-state index contributed by atoms with van der Waals surface area (Å²) in [6.07, 6.45) is 4.75. The van der Waals surface area contributed by atoms with E-state index in [0.717, 1.165) is 18.7 Å². The highest BCUT2D eigenvalue weighted by Crippen LogP contribution is 2.30. The molecule has 0 spiro atoms. The lowest BCUT2D eigenvalue weighted by Gasteiger charge is -2.36. The fourth-order valence-electron chi connectivity index (χ4n) is 5.24. The second kappa shape index (κ2) is 10.00. The zero-order valence-corrected chi connectivity index (χ0v) is 21.9. The van der Waals surface area contributed by atoms with Gasteiger partial charge in [0.1, 0.15) is 17.8 Å². The van der Waals surface area contributed by atoms with Crippen molar-refractivity contribution in [2.45, 2.75) is 6.54 Å². The van der Waals surface area contributed by atoms with Crippen LogP contribution in [0.2, 0.25) is 0 Å². The molecule has 6 aromatic rings. The first-order chi connectivity index (χ1) is 20.1. The molecule has 12 nitrogen and oxygen atoms in total. The number of benzene rings is 1. The first-order valence-corrected chi connectivity index (χ1v) is 13.1. The van der Waals surface area contributed by atoms with Gasteiger partial charge in [0.15, 0.2) is 5.65 Å². The fourth-order valence-corrected chi connectivity index (χ4v) is 5.24. The van der Waals surface area contributed by atoms with Crippen LogP contribution >= 0.6 is 0 Å². The van der Waals surface area contributed by atoms with E-state index >= 15 is 0 Å². The Balaban J connectivity index is 1.10. The monoisotopic (exact) mass is 549 g/mol. The number of halogens is 1. The van der Waals surface area contributed by atoms with Crippen molar-refractivity contribution in [1.82, 2.24) is 39.0 Å². The van der Waals surface area contributed by atoms with E-state index in [1.54, 1.807) is 30.6 Å². The van der Waals surface area contributed by atoms with Crippen LogP contribution in [-0.2, 0) is 6.54 Å². The Kier molecular flexibility index (Phi) is 6.02. The van der Waals surface area contributed by atoms with Crippen molar-refractivity contribution < 1.29 is 8.81 Å². The molecule has 0 bridgehead atoms. The summed E-state index contributed by atoms with van der Waals surface area (Å²) in [6, 6.07) is 12.2. The van der Waals surface area contributed by atoms with Crippen LogP contribution in [0.25, 0.3) is 44.5 Å². The highest BCUT2D eigenvalue weighted by atomic mass is 19.1. The molecule has 1 aliphatic rings. The molecule has 0 aliphatic carbocycles. The Labute approximate surface area is 233 Å². The van der Waals surface area contributed by atoms with Gasteiger partial charge in [-0.05, 0) is 36.4 Å². The van der Waals surface area contributed by atoms with Gasteiger partial charge in [-0.25, -0.2) is 14.4 Å². The number of nitrogens with zero attached hydrogens (tertiary/aromatic N) is 10. The Hall–Kier alpha value is -5.35. The van der Waals surface area contributed by atoms with E-state index in [2.05, 4.69) is 34.8 Å². The van der Waals surface area contributed by atoms with Crippen LogP contribution in [0.1, 0.15) is 0 Å². The Morgan fingerprint density at radius 1 is 0.976 bits per heavy atom. The predicted molar refractivity (Wildman–Crippen MR) is 151 cm³/mol. The Morgan fingerprint density at radius 3 is 2.61 bits per heavy atom. The Morgan fingerprint density at radius 2 is 1.85 bits per heavy atom. The number of pyridine rings is 1. The van der Waals surface area contributed by atoms with Crippen molar-refractivity contribution in [3.8, 4) is 23.0 Å². The molecule has 6 heterocycles. The lowest BCUT2D eigenvalue weighted by atomic mass is 10.1. The van der Waals surface area contributed by atoms with Gasteiger partial charge in [-0.2, -0.15) is 9.50 Å². The third-order valence-corrected chi connectivity index (χ3v) is 7.32. The van der Waals surface area contributed by atoms with Gasteiger partial charge in [0.2, 0.25) is 29.1 Å². The number of oxazole rings is 1. The van der Waals surface area contributed by atoms with Crippen molar-refractivity contribution >= 4 is 34.1 Å². The lowest BCUT2D eigenvalue weighted by Crippen LogP contribution is -2.47. The number of hydrogen-bond donors (Lipinski definition) is 1. The minimum Gasteiger partial charge on any atom is -0.445 e. The summed E-state index contributed by atoms with van der Waals surface area (Å²) in [5.74, 6) is 1.25. The summed E-state index contributed by atoms with van der Waals surface area (Å²) in [5.41, 5.74) is 9.29. The standard InChI is InChI=1S/C28H24FN11O/c1-31-23-17-19-25(35-28(30)40-26(19)34-24(36-40)21-4-2-3-7-32-21)39(23)14-11-37-9-12-38(13-10-37)22-16-18(5-6-20(22)29)27-33-8-15-41-27/h2-8,15-17H,9-14H2,(H2,30,35). The molecule has 1 fully saturated rings. The number of nitrogen functional groups attached to an aromatic ring is 1. The second-order valence-corrected chi connectivity index (χ2v) is 9.69. The zero-order chi connectivity index (χ0) is 27.9. The number of aromatic nitrogens is 7. The quantitative estimate of drug-likeness (QED) is 0.308. The maximum absolute atomic E-state index is 14.7. The van der Waals surface area contributed by atoms with Gasteiger partial charge < -0.3 is 19.9 Å². The molecule has 0 radical (unpaired) electrons. The van der Waals surface area contributed by atoms with Gasteiger partial charge in [0, 0.05) is 44.5 Å². The number of anilines is 2. The van der Waals surface area contributed by atoms with Crippen LogP contribution < -0.4 is 10.6 Å². The van der Waals surface area contributed by atoms with Crippen LogP contribution in [0.15, 0.2) is 65.5 Å². The normalized spacial score (nSPS) is 14.2. The van der Waals surface area contributed by atoms with Gasteiger partial charge in [-0.3, -0.25) is 14.5 Å². The van der Waals surface area contributed by atoms with Crippen LogP contribution in [0.4, 0.5) is 21.8 Å². The molecule has 5 aromatic heterocycles. The largest absolute Gasteiger partial charge is 0.445 e. The predicted octanol–water partition coefficient (Wildman–Crippen LogP) is 3.89. The van der Waals surface area contributed by atoms with Gasteiger partial charge in [-0.1, -0.05) is 12.6 Å². The first kappa shape index (κ1) is 24.7. The van der Waals surface area contributed by atoms with Crippen molar-refractivity contribution in [2.75, 3.05) is 43.4 Å². The zero-order valence-electron chi connectivity index (χ0n) is 21.9. The van der Waals surface area contributed by atoms with E-state index in [-0.39, 0.29) is 11.8 Å². The van der Waals surface area contributed by atoms with E-state index in [4.69, 9.17) is 16.7 Å². The van der Waals surface area contributed by atoms with E-state index in [1.807, 2.05) is 27.7 Å². The van der Waals surface area contributed by atoms with Crippen molar-refractivity contribution in [1.29, 1.82) is 0 Å². The van der Waals surface area contributed by atoms with Crippen LogP contribution in [0.5, 0.6) is 0 Å². The van der Waals surface area contributed by atoms with Crippen molar-refractivity contribution in [3.05, 3.63) is 78.4 Å². The highest BCUT2D eigenvalue weighted by Gasteiger charge is 2.24. The Bertz CT molecular complexity index is 1900. The van der Waals surface area contributed by atoms with Crippen LogP contribution in [0, 0.1) is 12.4 Å². The minimum atomic E-state index is -0.274. The van der Waals surface area contributed by atoms with E-state index in [1.165, 1.54) is 16.8 Å². The SMILES string of the molecule is [C-]#[N+]c1cc2c(nc(N)n3nc(-c4ccccn4)nc23)n1CCN1CCN(c2cc(-c3ncco3)ccc2F)CC1. The molecule has 41 heavy (non-hydrogen) atoms. The summed E-state index contributed by atoms with van der Waals surface area (Å²) < 4.78 is 23.5. The molecule has 7 rings (SSSR count). The molecule has 204 valence electrons. The summed E-state index contributed by atoms with van der Waals surface area (Å²) in [6.45, 7) is 11.8. The summed E-state index contributed by atoms with van der Waals surface area (Å²) in [5, 5.41) is 5.20. The molecule has 1 aromatic carbocycles. The van der Waals surface area contributed by atoms with Crippen molar-refractivity contribution in [3.63, 3.8) is 0 Å². The smallest absolute Gasteiger partial charge is 0.232 e. The average Bonchev–Trinajstić information content (AvgIpc) is 3.77.